The van der Waals surface area contributed by atoms with Crippen LogP contribution in [-0.4, -0.2) is 30.5 Å². The van der Waals surface area contributed by atoms with Gasteiger partial charge in [0, 0.05) is 18.5 Å². The Balaban J connectivity index is 1.84. The van der Waals surface area contributed by atoms with Gasteiger partial charge in [-0.3, -0.25) is 4.79 Å². The van der Waals surface area contributed by atoms with Gasteiger partial charge in [-0.1, -0.05) is 35.0 Å². The van der Waals surface area contributed by atoms with E-state index in [1.54, 1.807) is 31.4 Å². The maximum atomic E-state index is 12.6. The summed E-state index contributed by atoms with van der Waals surface area (Å²) in [5.41, 5.74) is 3.61. The first kappa shape index (κ1) is 15.8. The molecule has 0 saturated heterocycles. The summed E-state index contributed by atoms with van der Waals surface area (Å²) in [5, 5.41) is 16.2. The molecule has 1 amide bonds. The van der Waals surface area contributed by atoms with Crippen LogP contribution in [0.3, 0.4) is 0 Å². The number of rotatable bonds is 2. The van der Waals surface area contributed by atoms with Crippen LogP contribution >= 0.6 is 11.6 Å². The number of anilines is 1. The zero-order chi connectivity index (χ0) is 17.6. The summed E-state index contributed by atoms with van der Waals surface area (Å²) >= 11 is 6.26. The van der Waals surface area contributed by atoms with E-state index in [4.69, 9.17) is 16.3 Å². The lowest BCUT2D eigenvalue weighted by molar-refractivity contribution is 0.0926. The van der Waals surface area contributed by atoms with Crippen molar-refractivity contribution in [1.29, 1.82) is 0 Å². The van der Waals surface area contributed by atoms with E-state index in [0.717, 1.165) is 16.8 Å². The quantitative estimate of drug-likeness (QED) is 0.639. The maximum absolute atomic E-state index is 12.6. The van der Waals surface area contributed by atoms with Gasteiger partial charge in [0.2, 0.25) is 0 Å². The fraction of sp³-hybridized carbons (Fsp3) is 0.222. The third kappa shape index (κ3) is 2.41. The highest BCUT2D eigenvalue weighted by molar-refractivity contribution is 6.32. The first-order chi connectivity index (χ1) is 12.1. The SMILES string of the molecule is COc1ccc(C2NC(=O)c3cccc4c3N2CC/C4=N\O)cc1Cl. The number of hydrogen-bond donors (Lipinski definition) is 2. The Kier molecular flexibility index (Phi) is 3.77. The van der Waals surface area contributed by atoms with E-state index < -0.39 is 0 Å². The molecule has 7 heteroatoms. The second-order valence-electron chi connectivity index (χ2n) is 5.96. The van der Waals surface area contributed by atoms with Gasteiger partial charge >= 0.3 is 0 Å². The summed E-state index contributed by atoms with van der Waals surface area (Å²) in [7, 11) is 1.56. The summed E-state index contributed by atoms with van der Waals surface area (Å²) in [6.07, 6.45) is 0.244. The van der Waals surface area contributed by atoms with Crippen LogP contribution in [0.15, 0.2) is 41.6 Å². The van der Waals surface area contributed by atoms with Gasteiger partial charge in [0.15, 0.2) is 0 Å². The highest BCUT2D eigenvalue weighted by atomic mass is 35.5. The van der Waals surface area contributed by atoms with Gasteiger partial charge in [0.1, 0.15) is 11.9 Å². The molecule has 0 fully saturated rings. The molecule has 1 atom stereocenters. The van der Waals surface area contributed by atoms with Crippen LogP contribution in [0.4, 0.5) is 5.69 Å². The first-order valence-electron chi connectivity index (χ1n) is 7.89. The zero-order valence-corrected chi connectivity index (χ0v) is 14.2. The Bertz CT molecular complexity index is 897. The minimum Gasteiger partial charge on any atom is -0.495 e. The van der Waals surface area contributed by atoms with Crippen LogP contribution in [-0.2, 0) is 0 Å². The minimum absolute atomic E-state index is 0.163. The maximum Gasteiger partial charge on any atom is 0.255 e. The third-order valence-electron chi connectivity index (χ3n) is 4.66. The largest absolute Gasteiger partial charge is 0.495 e. The van der Waals surface area contributed by atoms with E-state index in [-0.39, 0.29) is 12.1 Å². The standard InChI is InChI=1S/C18H16ClN3O3/c1-25-15-6-5-10(9-13(15)19)17-20-18(23)12-4-2-3-11-14(21-24)7-8-22(17)16(11)12/h2-6,9,17,24H,7-8H2,1H3,(H,20,23)/b21-14+. The van der Waals surface area contributed by atoms with Crippen molar-refractivity contribution in [3.05, 3.63) is 58.1 Å². The Hall–Kier alpha value is -2.73. The van der Waals surface area contributed by atoms with Gasteiger partial charge in [0.25, 0.3) is 5.91 Å². The lowest BCUT2D eigenvalue weighted by Crippen LogP contribution is -2.49. The highest BCUT2D eigenvalue weighted by Crippen LogP contribution is 2.40. The van der Waals surface area contributed by atoms with Crippen LogP contribution in [0, 0.1) is 0 Å². The Labute approximate surface area is 149 Å². The van der Waals surface area contributed by atoms with Crippen molar-refractivity contribution in [1.82, 2.24) is 5.32 Å². The number of hydrogen-bond acceptors (Lipinski definition) is 5. The number of oxime groups is 1. The minimum atomic E-state index is -0.343. The molecule has 2 aromatic rings. The molecule has 4 rings (SSSR count). The Morgan fingerprint density at radius 1 is 1.32 bits per heavy atom. The predicted molar refractivity (Wildman–Crippen MR) is 94.9 cm³/mol. The molecule has 2 aromatic carbocycles. The predicted octanol–water partition coefficient (Wildman–Crippen LogP) is 3.18. The third-order valence-corrected chi connectivity index (χ3v) is 4.96. The molecule has 0 aliphatic carbocycles. The molecule has 2 N–H and O–H groups in total. The van der Waals surface area contributed by atoms with Crippen LogP contribution in [0.25, 0.3) is 0 Å². The number of carbonyl (C=O) groups is 1. The molecule has 1 unspecified atom stereocenters. The van der Waals surface area contributed by atoms with Crippen LogP contribution in [0.5, 0.6) is 5.75 Å². The Morgan fingerprint density at radius 3 is 2.84 bits per heavy atom. The second-order valence-corrected chi connectivity index (χ2v) is 6.37. The Morgan fingerprint density at radius 2 is 2.12 bits per heavy atom. The van der Waals surface area contributed by atoms with Gasteiger partial charge in [-0.2, -0.15) is 0 Å². The van der Waals surface area contributed by atoms with Crippen LogP contribution in [0.2, 0.25) is 5.02 Å². The van der Waals surface area contributed by atoms with Gasteiger partial charge in [0.05, 0.1) is 29.1 Å². The zero-order valence-electron chi connectivity index (χ0n) is 13.5. The fourth-order valence-electron chi connectivity index (χ4n) is 3.50. The average molecular weight is 358 g/mol. The summed E-state index contributed by atoms with van der Waals surface area (Å²) in [5.74, 6) is 0.422. The molecule has 25 heavy (non-hydrogen) atoms. The van der Waals surface area contributed by atoms with E-state index in [9.17, 15) is 10.0 Å². The number of amides is 1. The number of carbonyl (C=O) groups excluding carboxylic acids is 1. The fourth-order valence-corrected chi connectivity index (χ4v) is 3.77. The van der Waals surface area contributed by atoms with Crippen molar-refractivity contribution >= 4 is 28.9 Å². The summed E-state index contributed by atoms with van der Waals surface area (Å²) in [6.45, 7) is 0.623. The van der Waals surface area contributed by atoms with Crippen molar-refractivity contribution < 1.29 is 14.7 Å². The number of ether oxygens (including phenoxy) is 1. The first-order valence-corrected chi connectivity index (χ1v) is 8.27. The summed E-state index contributed by atoms with van der Waals surface area (Å²) in [4.78, 5) is 14.7. The van der Waals surface area contributed by atoms with Crippen molar-refractivity contribution in [3.63, 3.8) is 0 Å². The topological polar surface area (TPSA) is 74.2 Å². The van der Waals surface area contributed by atoms with Crippen molar-refractivity contribution in [3.8, 4) is 5.75 Å². The summed E-state index contributed by atoms with van der Waals surface area (Å²) < 4.78 is 5.20. The van der Waals surface area contributed by atoms with Gasteiger partial charge in [-0.15, -0.1) is 0 Å². The molecule has 0 radical (unpaired) electrons. The molecule has 0 bridgehead atoms. The molecule has 0 aromatic heterocycles. The number of nitrogens with zero attached hydrogens (tertiary/aromatic N) is 2. The lowest BCUT2D eigenvalue weighted by Gasteiger charge is -2.42. The summed E-state index contributed by atoms with van der Waals surface area (Å²) in [6, 6.07) is 10.9. The molecular weight excluding hydrogens is 342 g/mol. The molecule has 0 spiro atoms. The number of nitrogens with one attached hydrogen (secondary N) is 1. The number of halogens is 1. The van der Waals surface area contributed by atoms with Gasteiger partial charge in [-0.25, -0.2) is 0 Å². The van der Waals surface area contributed by atoms with E-state index in [2.05, 4.69) is 15.4 Å². The monoisotopic (exact) mass is 357 g/mol. The van der Waals surface area contributed by atoms with Crippen molar-refractivity contribution in [2.24, 2.45) is 5.16 Å². The lowest BCUT2D eigenvalue weighted by atomic mass is 9.92. The molecule has 0 saturated carbocycles. The number of benzene rings is 2. The van der Waals surface area contributed by atoms with Crippen LogP contribution in [0.1, 0.15) is 34.1 Å². The number of methoxy groups -OCH3 is 1. The molecule has 128 valence electrons. The van der Waals surface area contributed by atoms with Gasteiger partial charge in [-0.05, 0) is 23.8 Å². The number of para-hydroxylation sites is 1. The molecule has 2 heterocycles. The molecule has 2 aliphatic rings. The van der Waals surface area contributed by atoms with E-state index in [1.165, 1.54) is 0 Å². The second kappa shape index (κ2) is 5.97. The molecule has 6 nitrogen and oxygen atoms in total. The molecule has 2 aliphatic heterocycles. The van der Waals surface area contributed by atoms with Crippen molar-refractivity contribution in [2.75, 3.05) is 18.6 Å². The van der Waals surface area contributed by atoms with Crippen molar-refractivity contribution in [2.45, 2.75) is 12.6 Å². The normalized spacial score (nSPS) is 20.2. The smallest absolute Gasteiger partial charge is 0.255 e. The van der Waals surface area contributed by atoms with E-state index >= 15 is 0 Å². The average Bonchev–Trinajstić information content (AvgIpc) is 2.64. The highest BCUT2D eigenvalue weighted by Gasteiger charge is 2.37. The van der Waals surface area contributed by atoms with Gasteiger partial charge < -0.3 is 20.2 Å². The van der Waals surface area contributed by atoms with E-state index in [0.29, 0.717) is 35.0 Å². The van der Waals surface area contributed by atoms with Crippen LogP contribution < -0.4 is 15.0 Å². The molecular formula is C18H16ClN3O3. The van der Waals surface area contributed by atoms with E-state index in [1.807, 2.05) is 12.1 Å².